The third kappa shape index (κ3) is 6.63. The number of rotatable bonds is 9. The number of nitrogens with zero attached hydrogens (tertiary/aromatic N) is 1. The molecule has 0 fully saturated rings. The van der Waals surface area contributed by atoms with Gasteiger partial charge >= 0.3 is 0 Å². The van der Waals surface area contributed by atoms with E-state index in [1.807, 2.05) is 0 Å². The largest absolute Gasteiger partial charge is 0.375 e. The van der Waals surface area contributed by atoms with Gasteiger partial charge in [-0.25, -0.2) is 0 Å². The first kappa shape index (κ1) is 16.0. The highest BCUT2D eigenvalue weighted by atomic mass is 15.1. The van der Waals surface area contributed by atoms with Crippen molar-refractivity contribution in [3.05, 3.63) is 29.3 Å². The molecular formula is C17H30N2. The summed E-state index contributed by atoms with van der Waals surface area (Å²) in [5, 5.41) is 3.38. The van der Waals surface area contributed by atoms with Crippen molar-refractivity contribution in [2.24, 2.45) is 0 Å². The molecule has 2 heteroatoms. The molecule has 0 aromatic heterocycles. The second-order valence-electron chi connectivity index (χ2n) is 5.54. The number of anilines is 1. The first-order chi connectivity index (χ1) is 9.13. The summed E-state index contributed by atoms with van der Waals surface area (Å²) in [4.78, 5) is 2.38. The third-order valence-corrected chi connectivity index (χ3v) is 3.49. The summed E-state index contributed by atoms with van der Waals surface area (Å²) in [5.74, 6) is 0. The van der Waals surface area contributed by atoms with Gasteiger partial charge < -0.3 is 10.2 Å². The fourth-order valence-electron chi connectivity index (χ4n) is 2.43. The standard InChI is InChI=1S/C17H30N2/c1-5-18-10-8-6-7-9-11-19(4)17-13-15(2)12-16(3)14-17/h12-14,18H,5-11H2,1-4H3. The summed E-state index contributed by atoms with van der Waals surface area (Å²) in [6, 6.07) is 6.79. The SMILES string of the molecule is CCNCCCCCCN(C)c1cc(C)cc(C)c1. The van der Waals surface area contributed by atoms with Crippen molar-refractivity contribution < 1.29 is 0 Å². The molecule has 0 radical (unpaired) electrons. The van der Waals surface area contributed by atoms with Crippen LogP contribution in [0, 0.1) is 13.8 Å². The molecule has 1 aromatic rings. The molecule has 0 unspecified atom stereocenters. The van der Waals surface area contributed by atoms with Crippen LogP contribution >= 0.6 is 0 Å². The fourth-order valence-corrected chi connectivity index (χ4v) is 2.43. The van der Waals surface area contributed by atoms with Gasteiger partial charge in [-0.2, -0.15) is 0 Å². The summed E-state index contributed by atoms with van der Waals surface area (Å²) in [5.41, 5.74) is 4.06. The quantitative estimate of drug-likeness (QED) is 0.679. The maximum absolute atomic E-state index is 3.38. The molecule has 0 aliphatic carbocycles. The van der Waals surface area contributed by atoms with Crippen LogP contribution < -0.4 is 10.2 Å². The molecule has 108 valence electrons. The monoisotopic (exact) mass is 262 g/mol. The highest BCUT2D eigenvalue weighted by Crippen LogP contribution is 2.18. The summed E-state index contributed by atoms with van der Waals surface area (Å²) < 4.78 is 0. The van der Waals surface area contributed by atoms with Gasteiger partial charge in [0.1, 0.15) is 0 Å². The van der Waals surface area contributed by atoms with E-state index in [9.17, 15) is 0 Å². The van der Waals surface area contributed by atoms with E-state index in [4.69, 9.17) is 0 Å². The molecule has 0 saturated carbocycles. The Morgan fingerprint density at radius 2 is 1.58 bits per heavy atom. The second kappa shape index (κ2) is 8.98. The van der Waals surface area contributed by atoms with Gasteiger partial charge in [0, 0.05) is 19.3 Å². The minimum absolute atomic E-state index is 1.09. The number of hydrogen-bond donors (Lipinski definition) is 1. The molecule has 0 aliphatic heterocycles. The topological polar surface area (TPSA) is 15.3 Å². The van der Waals surface area contributed by atoms with Crippen LogP contribution in [-0.2, 0) is 0 Å². The minimum Gasteiger partial charge on any atom is -0.375 e. The lowest BCUT2D eigenvalue weighted by Gasteiger charge is -2.20. The van der Waals surface area contributed by atoms with Crippen molar-refractivity contribution in [1.82, 2.24) is 5.32 Å². The number of unbranched alkanes of at least 4 members (excludes halogenated alkanes) is 3. The van der Waals surface area contributed by atoms with Crippen molar-refractivity contribution in [3.8, 4) is 0 Å². The zero-order chi connectivity index (χ0) is 14.1. The van der Waals surface area contributed by atoms with Crippen LogP contribution in [-0.4, -0.2) is 26.7 Å². The van der Waals surface area contributed by atoms with Crippen LogP contribution in [0.15, 0.2) is 18.2 Å². The Bertz CT molecular complexity index is 340. The zero-order valence-corrected chi connectivity index (χ0v) is 13.1. The molecule has 2 nitrogen and oxygen atoms in total. The average Bonchev–Trinajstić information content (AvgIpc) is 2.36. The Labute approximate surface area is 119 Å². The number of aryl methyl sites for hydroxylation is 2. The Morgan fingerprint density at radius 1 is 0.947 bits per heavy atom. The van der Waals surface area contributed by atoms with Crippen molar-refractivity contribution >= 4 is 5.69 Å². The van der Waals surface area contributed by atoms with Gasteiger partial charge in [0.25, 0.3) is 0 Å². The lowest BCUT2D eigenvalue weighted by atomic mass is 10.1. The average molecular weight is 262 g/mol. The highest BCUT2D eigenvalue weighted by Gasteiger charge is 2.02. The second-order valence-corrected chi connectivity index (χ2v) is 5.54. The van der Waals surface area contributed by atoms with E-state index in [-0.39, 0.29) is 0 Å². The molecule has 1 rings (SSSR count). The molecule has 0 atom stereocenters. The van der Waals surface area contributed by atoms with Gasteiger partial charge in [0.15, 0.2) is 0 Å². The molecule has 0 heterocycles. The molecule has 0 bridgehead atoms. The Hall–Kier alpha value is -1.02. The Morgan fingerprint density at radius 3 is 2.21 bits per heavy atom. The fraction of sp³-hybridized carbons (Fsp3) is 0.647. The van der Waals surface area contributed by atoms with Crippen molar-refractivity contribution in [2.75, 3.05) is 31.6 Å². The Balaban J connectivity index is 2.22. The van der Waals surface area contributed by atoms with Crippen LogP contribution in [0.4, 0.5) is 5.69 Å². The van der Waals surface area contributed by atoms with Crippen LogP contribution in [0.3, 0.4) is 0 Å². The van der Waals surface area contributed by atoms with Gasteiger partial charge in [-0.1, -0.05) is 25.8 Å². The van der Waals surface area contributed by atoms with Gasteiger partial charge in [0.05, 0.1) is 0 Å². The predicted molar refractivity (Wildman–Crippen MR) is 86.2 cm³/mol. The van der Waals surface area contributed by atoms with Gasteiger partial charge in [0.2, 0.25) is 0 Å². The van der Waals surface area contributed by atoms with Crippen molar-refractivity contribution in [2.45, 2.75) is 46.5 Å². The Kier molecular flexibility index (Phi) is 7.57. The maximum atomic E-state index is 3.38. The summed E-state index contributed by atoms with van der Waals surface area (Å²) in [6.07, 6.45) is 5.27. The number of hydrogen-bond acceptors (Lipinski definition) is 2. The van der Waals surface area contributed by atoms with Crippen molar-refractivity contribution in [3.63, 3.8) is 0 Å². The molecule has 0 spiro atoms. The molecule has 1 aromatic carbocycles. The third-order valence-electron chi connectivity index (χ3n) is 3.49. The summed E-state index contributed by atoms with van der Waals surface area (Å²) in [7, 11) is 2.20. The summed E-state index contributed by atoms with van der Waals surface area (Å²) >= 11 is 0. The first-order valence-electron chi connectivity index (χ1n) is 7.63. The summed E-state index contributed by atoms with van der Waals surface area (Å²) in [6.45, 7) is 9.93. The normalized spacial score (nSPS) is 10.7. The first-order valence-corrected chi connectivity index (χ1v) is 7.63. The van der Waals surface area contributed by atoms with E-state index in [1.54, 1.807) is 0 Å². The van der Waals surface area contributed by atoms with Crippen LogP contribution in [0.5, 0.6) is 0 Å². The van der Waals surface area contributed by atoms with Crippen LogP contribution in [0.1, 0.15) is 43.7 Å². The number of benzene rings is 1. The van der Waals surface area contributed by atoms with E-state index in [0.717, 1.165) is 13.1 Å². The smallest absolute Gasteiger partial charge is 0.0368 e. The molecule has 0 aliphatic rings. The lowest BCUT2D eigenvalue weighted by molar-refractivity contribution is 0.597. The molecule has 19 heavy (non-hydrogen) atoms. The van der Waals surface area contributed by atoms with Gasteiger partial charge in [-0.3, -0.25) is 0 Å². The lowest BCUT2D eigenvalue weighted by Crippen LogP contribution is -2.19. The molecule has 0 saturated heterocycles. The van der Waals surface area contributed by atoms with E-state index in [2.05, 4.69) is 56.2 Å². The van der Waals surface area contributed by atoms with Gasteiger partial charge in [-0.05, 0) is 63.0 Å². The zero-order valence-electron chi connectivity index (χ0n) is 13.1. The molecule has 1 N–H and O–H groups in total. The maximum Gasteiger partial charge on any atom is 0.0368 e. The van der Waals surface area contributed by atoms with E-state index in [0.29, 0.717) is 0 Å². The van der Waals surface area contributed by atoms with Crippen LogP contribution in [0.25, 0.3) is 0 Å². The predicted octanol–water partition coefficient (Wildman–Crippen LogP) is 3.91. The molecular weight excluding hydrogens is 232 g/mol. The van der Waals surface area contributed by atoms with Gasteiger partial charge in [-0.15, -0.1) is 0 Å². The van der Waals surface area contributed by atoms with E-state index >= 15 is 0 Å². The highest BCUT2D eigenvalue weighted by molar-refractivity contribution is 5.50. The minimum atomic E-state index is 1.09. The number of nitrogens with one attached hydrogen (secondary N) is 1. The van der Waals surface area contributed by atoms with E-state index < -0.39 is 0 Å². The van der Waals surface area contributed by atoms with Crippen molar-refractivity contribution in [1.29, 1.82) is 0 Å². The van der Waals surface area contributed by atoms with Crippen LogP contribution in [0.2, 0.25) is 0 Å². The molecule has 0 amide bonds. The van der Waals surface area contributed by atoms with E-state index in [1.165, 1.54) is 49.0 Å².